The molecule has 2 saturated carbocycles. The van der Waals surface area contributed by atoms with Crippen molar-refractivity contribution in [3.63, 3.8) is 0 Å². The first-order valence-corrected chi connectivity index (χ1v) is 7.83. The summed E-state index contributed by atoms with van der Waals surface area (Å²) in [6, 6.07) is 1.74. The molecule has 3 heteroatoms. The van der Waals surface area contributed by atoms with Crippen molar-refractivity contribution in [2.24, 2.45) is 11.8 Å². The fourth-order valence-corrected chi connectivity index (χ4v) is 3.65. The van der Waals surface area contributed by atoms with Crippen molar-refractivity contribution in [1.82, 2.24) is 10.2 Å². The Labute approximate surface area is 111 Å². The zero-order chi connectivity index (χ0) is 12.4. The van der Waals surface area contributed by atoms with Gasteiger partial charge < -0.3 is 10.1 Å². The minimum atomic E-state index is 0.779. The molecule has 3 aliphatic rings. The largest absolute Gasteiger partial charge is 0.384 e. The predicted molar refractivity (Wildman–Crippen MR) is 73.7 cm³/mol. The lowest BCUT2D eigenvalue weighted by Crippen LogP contribution is -2.54. The fraction of sp³-hybridized carbons (Fsp3) is 1.00. The molecule has 1 heterocycles. The third-order valence-corrected chi connectivity index (χ3v) is 5.05. The molecular weight excluding hydrogens is 224 g/mol. The summed E-state index contributed by atoms with van der Waals surface area (Å²) in [6.07, 6.45) is 8.43. The summed E-state index contributed by atoms with van der Waals surface area (Å²) in [4.78, 5) is 2.76. The Balaban J connectivity index is 1.44. The molecular formula is C15H28N2O. The monoisotopic (exact) mass is 252 g/mol. The highest BCUT2D eigenvalue weighted by Gasteiger charge is 2.37. The summed E-state index contributed by atoms with van der Waals surface area (Å²) in [6.45, 7) is 4.82. The quantitative estimate of drug-likeness (QED) is 0.781. The number of nitrogens with zero attached hydrogens (tertiary/aromatic N) is 1. The van der Waals surface area contributed by atoms with Gasteiger partial charge in [-0.3, -0.25) is 4.90 Å². The summed E-state index contributed by atoms with van der Waals surface area (Å²) >= 11 is 0. The first kappa shape index (κ1) is 12.9. The number of hydrogen-bond acceptors (Lipinski definition) is 3. The number of piperidine rings is 1. The molecule has 2 aliphatic carbocycles. The van der Waals surface area contributed by atoms with Crippen LogP contribution in [0.3, 0.4) is 0 Å². The second-order valence-corrected chi connectivity index (χ2v) is 6.55. The van der Waals surface area contributed by atoms with Gasteiger partial charge in [0.1, 0.15) is 0 Å². The van der Waals surface area contributed by atoms with Gasteiger partial charge >= 0.3 is 0 Å². The molecule has 1 N–H and O–H groups in total. The van der Waals surface area contributed by atoms with Crippen molar-refractivity contribution in [2.75, 3.05) is 33.4 Å². The third-order valence-electron chi connectivity index (χ3n) is 5.05. The lowest BCUT2D eigenvalue weighted by atomic mass is 9.77. The Morgan fingerprint density at radius 2 is 2.06 bits per heavy atom. The standard InChI is InChI=1S/C15H28N2O/c1-18-11-12-3-2-8-17(10-12)15-7-4-13(15)9-16-14-5-6-14/h12-16H,2-11H2,1H3. The fourth-order valence-electron chi connectivity index (χ4n) is 3.65. The van der Waals surface area contributed by atoms with E-state index in [0.717, 1.165) is 30.5 Å². The molecule has 0 amide bonds. The average molecular weight is 252 g/mol. The van der Waals surface area contributed by atoms with Crippen molar-refractivity contribution < 1.29 is 4.74 Å². The lowest BCUT2D eigenvalue weighted by molar-refractivity contribution is 0.0105. The second kappa shape index (κ2) is 5.89. The Hall–Kier alpha value is -0.120. The van der Waals surface area contributed by atoms with Crippen LogP contribution in [0.1, 0.15) is 38.5 Å². The van der Waals surface area contributed by atoms with Gasteiger partial charge in [0, 0.05) is 25.7 Å². The van der Waals surface area contributed by atoms with E-state index in [-0.39, 0.29) is 0 Å². The molecule has 0 radical (unpaired) electrons. The molecule has 0 aromatic heterocycles. The van der Waals surface area contributed by atoms with Crippen LogP contribution in [0.25, 0.3) is 0 Å². The Morgan fingerprint density at radius 3 is 2.72 bits per heavy atom. The number of rotatable bonds is 6. The summed E-state index contributed by atoms with van der Waals surface area (Å²) in [5, 5.41) is 3.71. The summed E-state index contributed by atoms with van der Waals surface area (Å²) in [7, 11) is 1.84. The number of nitrogens with one attached hydrogen (secondary N) is 1. The molecule has 0 aromatic rings. The first-order valence-electron chi connectivity index (χ1n) is 7.83. The maximum atomic E-state index is 5.34. The number of ether oxygens (including phenoxy) is 1. The van der Waals surface area contributed by atoms with E-state index in [4.69, 9.17) is 4.74 Å². The smallest absolute Gasteiger partial charge is 0.0502 e. The third kappa shape index (κ3) is 3.06. The van der Waals surface area contributed by atoms with Crippen LogP contribution < -0.4 is 5.32 Å². The van der Waals surface area contributed by atoms with Gasteiger partial charge in [-0.1, -0.05) is 0 Å². The van der Waals surface area contributed by atoms with E-state index in [9.17, 15) is 0 Å². The minimum absolute atomic E-state index is 0.779. The Bertz CT molecular complexity index is 265. The van der Waals surface area contributed by atoms with E-state index in [1.807, 2.05) is 7.11 Å². The van der Waals surface area contributed by atoms with Gasteiger partial charge in [0.2, 0.25) is 0 Å². The molecule has 0 aromatic carbocycles. The van der Waals surface area contributed by atoms with Crippen molar-refractivity contribution in [1.29, 1.82) is 0 Å². The maximum absolute atomic E-state index is 5.34. The van der Waals surface area contributed by atoms with Gasteiger partial charge in [0.15, 0.2) is 0 Å². The molecule has 1 aliphatic heterocycles. The first-order chi connectivity index (χ1) is 8.86. The van der Waals surface area contributed by atoms with Crippen molar-refractivity contribution in [2.45, 2.75) is 50.6 Å². The molecule has 0 bridgehead atoms. The van der Waals surface area contributed by atoms with Gasteiger partial charge in [0.05, 0.1) is 6.61 Å². The van der Waals surface area contributed by atoms with E-state index < -0.39 is 0 Å². The number of hydrogen-bond donors (Lipinski definition) is 1. The topological polar surface area (TPSA) is 24.5 Å². The van der Waals surface area contributed by atoms with Gasteiger partial charge in [-0.25, -0.2) is 0 Å². The molecule has 0 spiro atoms. The number of likely N-dealkylation sites (tertiary alicyclic amines) is 1. The highest BCUT2D eigenvalue weighted by Crippen LogP contribution is 2.35. The van der Waals surface area contributed by atoms with Crippen LogP contribution in [0, 0.1) is 11.8 Å². The van der Waals surface area contributed by atoms with Crippen LogP contribution in [0.4, 0.5) is 0 Å². The maximum Gasteiger partial charge on any atom is 0.0502 e. The second-order valence-electron chi connectivity index (χ2n) is 6.55. The summed E-state index contributed by atoms with van der Waals surface area (Å²) < 4.78 is 5.34. The van der Waals surface area contributed by atoms with Gasteiger partial charge in [-0.2, -0.15) is 0 Å². The van der Waals surface area contributed by atoms with Gasteiger partial charge in [-0.15, -0.1) is 0 Å². The van der Waals surface area contributed by atoms with Crippen molar-refractivity contribution >= 4 is 0 Å². The van der Waals surface area contributed by atoms with Crippen LogP contribution in [0.2, 0.25) is 0 Å². The highest BCUT2D eigenvalue weighted by molar-refractivity contribution is 4.93. The van der Waals surface area contributed by atoms with E-state index >= 15 is 0 Å². The normalized spacial score (nSPS) is 37.5. The van der Waals surface area contributed by atoms with Crippen LogP contribution >= 0.6 is 0 Å². The van der Waals surface area contributed by atoms with Crippen LogP contribution in [-0.2, 0) is 4.74 Å². The average Bonchev–Trinajstić information content (AvgIpc) is 3.13. The van der Waals surface area contributed by atoms with Crippen LogP contribution in [0.5, 0.6) is 0 Å². The SMILES string of the molecule is COCC1CCCN(C2CCC2CNC2CC2)C1. The van der Waals surface area contributed by atoms with Gasteiger partial charge in [-0.05, 0) is 63.5 Å². The van der Waals surface area contributed by atoms with E-state index in [0.29, 0.717) is 0 Å². The van der Waals surface area contributed by atoms with Crippen molar-refractivity contribution in [3.8, 4) is 0 Å². The molecule has 3 rings (SSSR count). The number of methoxy groups -OCH3 is 1. The zero-order valence-electron chi connectivity index (χ0n) is 11.7. The van der Waals surface area contributed by atoms with E-state index in [1.165, 1.54) is 58.2 Å². The molecule has 104 valence electrons. The van der Waals surface area contributed by atoms with Crippen LogP contribution in [-0.4, -0.2) is 50.3 Å². The van der Waals surface area contributed by atoms with Crippen LogP contribution in [0.15, 0.2) is 0 Å². The molecule has 3 atom stereocenters. The Kier molecular flexibility index (Phi) is 4.22. The minimum Gasteiger partial charge on any atom is -0.384 e. The summed E-state index contributed by atoms with van der Waals surface area (Å²) in [5.41, 5.74) is 0. The zero-order valence-corrected chi connectivity index (χ0v) is 11.7. The Morgan fingerprint density at radius 1 is 1.17 bits per heavy atom. The predicted octanol–water partition coefficient (Wildman–Crippen LogP) is 1.88. The molecule has 3 nitrogen and oxygen atoms in total. The summed E-state index contributed by atoms with van der Waals surface area (Å²) in [5.74, 6) is 1.70. The molecule has 1 saturated heterocycles. The van der Waals surface area contributed by atoms with Crippen molar-refractivity contribution in [3.05, 3.63) is 0 Å². The molecule has 3 fully saturated rings. The van der Waals surface area contributed by atoms with E-state index in [2.05, 4.69) is 10.2 Å². The van der Waals surface area contributed by atoms with E-state index in [1.54, 1.807) is 0 Å². The molecule has 3 unspecified atom stereocenters. The highest BCUT2D eigenvalue weighted by atomic mass is 16.5. The van der Waals surface area contributed by atoms with Gasteiger partial charge in [0.25, 0.3) is 0 Å². The molecule has 18 heavy (non-hydrogen) atoms. The lowest BCUT2D eigenvalue weighted by Gasteiger charge is -2.47.